The third-order valence-electron chi connectivity index (χ3n) is 3.78. The van der Waals surface area contributed by atoms with Crippen LogP contribution in [0.1, 0.15) is 21.6 Å². The molecule has 0 radical (unpaired) electrons. The molecule has 0 spiro atoms. The van der Waals surface area contributed by atoms with Gasteiger partial charge in [0.2, 0.25) is 5.13 Å². The van der Waals surface area contributed by atoms with Crippen molar-refractivity contribution in [3.63, 3.8) is 0 Å². The number of carbonyl (C=O) groups is 1. The highest BCUT2D eigenvalue weighted by atomic mass is 32.2. The van der Waals surface area contributed by atoms with Crippen LogP contribution in [-0.2, 0) is 5.75 Å². The van der Waals surface area contributed by atoms with Crippen molar-refractivity contribution in [1.29, 1.82) is 5.26 Å². The number of rotatable bonds is 6. The van der Waals surface area contributed by atoms with Gasteiger partial charge in [0.05, 0.1) is 11.6 Å². The summed E-state index contributed by atoms with van der Waals surface area (Å²) in [5.74, 6) is 0.745. The van der Waals surface area contributed by atoms with E-state index in [0.29, 0.717) is 22.2 Å². The molecular formula is C19H12N6O2S2. The van der Waals surface area contributed by atoms with Crippen LogP contribution in [0.5, 0.6) is 0 Å². The fraction of sp³-hybridized carbons (Fsp3) is 0.0526. The van der Waals surface area contributed by atoms with Crippen molar-refractivity contribution in [3.05, 3.63) is 71.7 Å². The normalized spacial score (nSPS) is 10.4. The minimum absolute atomic E-state index is 0.152. The Labute approximate surface area is 173 Å². The molecule has 0 aliphatic carbocycles. The van der Waals surface area contributed by atoms with E-state index in [2.05, 4.69) is 31.7 Å². The van der Waals surface area contributed by atoms with Gasteiger partial charge in [-0.15, -0.1) is 10.2 Å². The number of aromatic nitrogens is 4. The molecule has 0 fully saturated rings. The van der Waals surface area contributed by atoms with E-state index in [0.717, 1.165) is 15.5 Å². The SMILES string of the molecule is N#Cc1ccc(CSc2nnc(NC(=O)c3cc(-c4ccncc4)on3)s2)cc1. The van der Waals surface area contributed by atoms with Gasteiger partial charge in [-0.25, -0.2) is 0 Å². The third kappa shape index (κ3) is 4.66. The van der Waals surface area contributed by atoms with Gasteiger partial charge < -0.3 is 4.52 Å². The number of hydrogen-bond acceptors (Lipinski definition) is 9. The summed E-state index contributed by atoms with van der Waals surface area (Å²) in [6, 6.07) is 14.6. The summed E-state index contributed by atoms with van der Waals surface area (Å²) in [5, 5.41) is 23.8. The fourth-order valence-electron chi connectivity index (χ4n) is 2.33. The summed E-state index contributed by atoms with van der Waals surface area (Å²) >= 11 is 2.78. The minimum Gasteiger partial charge on any atom is -0.355 e. The Morgan fingerprint density at radius 3 is 2.72 bits per heavy atom. The van der Waals surface area contributed by atoms with E-state index in [9.17, 15) is 4.79 Å². The molecule has 0 saturated carbocycles. The van der Waals surface area contributed by atoms with Crippen LogP contribution in [-0.4, -0.2) is 26.2 Å². The third-order valence-corrected chi connectivity index (χ3v) is 5.82. The Morgan fingerprint density at radius 1 is 1.17 bits per heavy atom. The lowest BCUT2D eigenvalue weighted by Gasteiger charge is -1.98. The number of nitriles is 1. The monoisotopic (exact) mass is 420 g/mol. The Kier molecular flexibility index (Phi) is 5.60. The maximum atomic E-state index is 12.4. The van der Waals surface area contributed by atoms with E-state index in [4.69, 9.17) is 9.78 Å². The average molecular weight is 420 g/mol. The molecule has 8 nitrogen and oxygen atoms in total. The van der Waals surface area contributed by atoms with Gasteiger partial charge in [-0.2, -0.15) is 5.26 Å². The van der Waals surface area contributed by atoms with E-state index in [1.54, 1.807) is 42.7 Å². The highest BCUT2D eigenvalue weighted by molar-refractivity contribution is 8.00. The predicted molar refractivity (Wildman–Crippen MR) is 108 cm³/mol. The molecule has 0 aliphatic heterocycles. The Morgan fingerprint density at radius 2 is 1.97 bits per heavy atom. The summed E-state index contributed by atoms with van der Waals surface area (Å²) < 4.78 is 5.95. The number of benzene rings is 1. The van der Waals surface area contributed by atoms with Crippen molar-refractivity contribution >= 4 is 34.1 Å². The maximum Gasteiger partial charge on any atom is 0.279 e. The van der Waals surface area contributed by atoms with Crippen LogP contribution in [0.25, 0.3) is 11.3 Å². The quantitative estimate of drug-likeness (QED) is 0.367. The first-order valence-corrected chi connectivity index (χ1v) is 10.2. The summed E-state index contributed by atoms with van der Waals surface area (Å²) in [7, 11) is 0. The molecule has 4 rings (SSSR count). The first-order chi connectivity index (χ1) is 14.2. The first-order valence-electron chi connectivity index (χ1n) is 8.35. The molecule has 0 unspecified atom stereocenters. The number of hydrogen-bond donors (Lipinski definition) is 1. The van der Waals surface area contributed by atoms with E-state index in [1.165, 1.54) is 23.1 Å². The van der Waals surface area contributed by atoms with Gasteiger partial charge in [-0.1, -0.05) is 40.4 Å². The van der Waals surface area contributed by atoms with E-state index in [-0.39, 0.29) is 5.69 Å². The summed E-state index contributed by atoms with van der Waals surface area (Å²) in [5.41, 5.74) is 2.63. The molecular weight excluding hydrogens is 408 g/mol. The second-order valence-electron chi connectivity index (χ2n) is 5.74. The van der Waals surface area contributed by atoms with Crippen molar-refractivity contribution in [1.82, 2.24) is 20.3 Å². The highest BCUT2D eigenvalue weighted by Crippen LogP contribution is 2.29. The number of nitrogens with zero attached hydrogens (tertiary/aromatic N) is 5. The van der Waals surface area contributed by atoms with Crippen molar-refractivity contribution in [2.75, 3.05) is 5.32 Å². The standard InChI is InChI=1S/C19H12N6O2S2/c20-10-12-1-3-13(4-2-12)11-28-19-24-23-18(29-19)22-17(26)15-9-16(27-25-15)14-5-7-21-8-6-14/h1-9H,11H2,(H,22,23,26). The van der Waals surface area contributed by atoms with Crippen LogP contribution in [0, 0.1) is 11.3 Å². The zero-order valence-corrected chi connectivity index (χ0v) is 16.4. The molecule has 3 aromatic heterocycles. The van der Waals surface area contributed by atoms with Gasteiger partial charge >= 0.3 is 0 Å². The van der Waals surface area contributed by atoms with Crippen LogP contribution < -0.4 is 5.32 Å². The molecule has 0 aliphatic rings. The Hall–Kier alpha value is -3.55. The van der Waals surface area contributed by atoms with E-state index in [1.807, 2.05) is 12.1 Å². The van der Waals surface area contributed by atoms with Crippen LogP contribution in [0.4, 0.5) is 5.13 Å². The Balaban J connectivity index is 1.35. The number of amides is 1. The van der Waals surface area contributed by atoms with Crippen molar-refractivity contribution < 1.29 is 9.32 Å². The number of pyridine rings is 1. The van der Waals surface area contributed by atoms with Gasteiger partial charge in [-0.3, -0.25) is 15.1 Å². The van der Waals surface area contributed by atoms with Crippen molar-refractivity contribution in [2.24, 2.45) is 0 Å². The van der Waals surface area contributed by atoms with Crippen LogP contribution in [0.15, 0.2) is 63.7 Å². The predicted octanol–water partition coefficient (Wildman–Crippen LogP) is 4.00. The van der Waals surface area contributed by atoms with Crippen LogP contribution in [0.3, 0.4) is 0 Å². The van der Waals surface area contributed by atoms with Crippen LogP contribution >= 0.6 is 23.1 Å². The first kappa shape index (κ1) is 18.8. The maximum absolute atomic E-state index is 12.4. The number of nitrogens with one attached hydrogen (secondary N) is 1. The molecule has 4 aromatic rings. The largest absolute Gasteiger partial charge is 0.355 e. The molecule has 10 heteroatoms. The molecule has 1 N–H and O–H groups in total. The molecule has 0 saturated heterocycles. The average Bonchev–Trinajstić information content (AvgIpc) is 3.43. The van der Waals surface area contributed by atoms with Gasteiger partial charge in [0.15, 0.2) is 15.8 Å². The van der Waals surface area contributed by atoms with Crippen molar-refractivity contribution in [3.8, 4) is 17.4 Å². The van der Waals surface area contributed by atoms with Gasteiger partial charge in [-0.05, 0) is 29.8 Å². The summed E-state index contributed by atoms with van der Waals surface area (Å²) in [4.78, 5) is 16.3. The molecule has 1 amide bonds. The van der Waals surface area contributed by atoms with Crippen molar-refractivity contribution in [2.45, 2.75) is 10.1 Å². The smallest absolute Gasteiger partial charge is 0.279 e. The van der Waals surface area contributed by atoms with E-state index >= 15 is 0 Å². The lowest BCUT2D eigenvalue weighted by atomic mass is 10.2. The summed E-state index contributed by atoms with van der Waals surface area (Å²) in [6.07, 6.45) is 3.27. The molecule has 29 heavy (non-hydrogen) atoms. The molecule has 3 heterocycles. The van der Waals surface area contributed by atoms with Gasteiger partial charge in [0.25, 0.3) is 5.91 Å². The van der Waals surface area contributed by atoms with Crippen LogP contribution in [0.2, 0.25) is 0 Å². The highest BCUT2D eigenvalue weighted by Gasteiger charge is 2.16. The Bertz CT molecular complexity index is 1170. The lowest BCUT2D eigenvalue weighted by molar-refractivity contribution is 0.101. The topological polar surface area (TPSA) is 118 Å². The molecule has 142 valence electrons. The fourth-order valence-corrected chi connectivity index (χ4v) is 4.04. The number of carbonyl (C=O) groups excluding carboxylic acids is 1. The molecule has 1 aromatic carbocycles. The number of thioether (sulfide) groups is 1. The summed E-state index contributed by atoms with van der Waals surface area (Å²) in [6.45, 7) is 0. The lowest BCUT2D eigenvalue weighted by Crippen LogP contribution is -2.11. The molecule has 0 bridgehead atoms. The van der Waals surface area contributed by atoms with Gasteiger partial charge in [0.1, 0.15) is 0 Å². The minimum atomic E-state index is -0.422. The zero-order chi connectivity index (χ0) is 20.1. The molecule has 0 atom stereocenters. The second-order valence-corrected chi connectivity index (χ2v) is 7.94. The number of anilines is 1. The van der Waals surface area contributed by atoms with Gasteiger partial charge in [0, 0.05) is 29.8 Å². The zero-order valence-electron chi connectivity index (χ0n) is 14.8. The van der Waals surface area contributed by atoms with E-state index < -0.39 is 5.91 Å². The second kappa shape index (κ2) is 8.64.